The molecule has 6 heteroatoms. The number of aryl methyl sites for hydroxylation is 1. The summed E-state index contributed by atoms with van der Waals surface area (Å²) in [7, 11) is 0. The maximum atomic E-state index is 12.6. The number of hydrogen-bond donors (Lipinski definition) is 1. The monoisotopic (exact) mass is 403 g/mol. The van der Waals surface area contributed by atoms with E-state index < -0.39 is 0 Å². The number of imidazole rings is 1. The molecule has 3 rings (SSSR count). The van der Waals surface area contributed by atoms with Gasteiger partial charge in [-0.15, -0.1) is 0 Å². The lowest BCUT2D eigenvalue weighted by Crippen LogP contribution is -2.42. The summed E-state index contributed by atoms with van der Waals surface area (Å²) in [6.45, 7) is 8.11. The van der Waals surface area contributed by atoms with Crippen LogP contribution in [0.25, 0.3) is 11.0 Å². The van der Waals surface area contributed by atoms with Crippen molar-refractivity contribution in [2.75, 3.05) is 0 Å². The third-order valence-electron chi connectivity index (χ3n) is 4.13. The predicted molar refractivity (Wildman–Crippen MR) is 112 cm³/mol. The molecule has 4 nitrogen and oxygen atoms in total. The quantitative estimate of drug-likeness (QED) is 0.653. The van der Waals surface area contributed by atoms with Gasteiger partial charge in [0.15, 0.2) is 0 Å². The number of aromatic nitrogens is 2. The molecule has 3 aromatic rings. The lowest BCUT2D eigenvalue weighted by atomic mass is 10.1. The molecule has 27 heavy (non-hydrogen) atoms. The Kier molecular flexibility index (Phi) is 5.50. The van der Waals surface area contributed by atoms with E-state index >= 15 is 0 Å². The van der Waals surface area contributed by atoms with Crippen molar-refractivity contribution in [2.45, 2.75) is 46.2 Å². The maximum absolute atomic E-state index is 12.6. The third-order valence-corrected chi connectivity index (χ3v) is 4.85. The maximum Gasteiger partial charge on any atom is 0.240 e. The smallest absolute Gasteiger partial charge is 0.240 e. The number of halogens is 2. The number of hydrogen-bond acceptors (Lipinski definition) is 2. The summed E-state index contributed by atoms with van der Waals surface area (Å²) in [4.78, 5) is 17.3. The van der Waals surface area contributed by atoms with Gasteiger partial charge in [-0.05, 0) is 45.4 Å². The van der Waals surface area contributed by atoms with Gasteiger partial charge in [0.25, 0.3) is 0 Å². The second kappa shape index (κ2) is 7.53. The molecular weight excluding hydrogens is 381 g/mol. The highest BCUT2D eigenvalue weighted by Crippen LogP contribution is 2.29. The van der Waals surface area contributed by atoms with Gasteiger partial charge in [0, 0.05) is 12.0 Å². The molecule has 1 amide bonds. The number of nitrogens with one attached hydrogen (secondary N) is 1. The molecule has 0 fully saturated rings. The molecule has 0 atom stereocenters. The number of benzene rings is 2. The van der Waals surface area contributed by atoms with Crippen LogP contribution in [0.4, 0.5) is 0 Å². The minimum absolute atomic E-state index is 0.0710. The Morgan fingerprint density at radius 3 is 2.52 bits per heavy atom. The zero-order valence-electron chi connectivity index (χ0n) is 15.9. The lowest BCUT2D eigenvalue weighted by Gasteiger charge is -2.21. The highest BCUT2D eigenvalue weighted by molar-refractivity contribution is 6.42. The summed E-state index contributed by atoms with van der Waals surface area (Å²) in [5.74, 6) is 0.733. The van der Waals surface area contributed by atoms with Crippen molar-refractivity contribution >= 4 is 40.1 Å². The molecule has 0 saturated heterocycles. The van der Waals surface area contributed by atoms with Crippen LogP contribution in [0.3, 0.4) is 0 Å². The lowest BCUT2D eigenvalue weighted by molar-refractivity contribution is -0.123. The number of carbonyl (C=O) groups excluding carboxylic acids is 1. The summed E-state index contributed by atoms with van der Waals surface area (Å²) in [5, 5.41) is 3.90. The molecule has 1 heterocycles. The molecule has 0 unspecified atom stereocenters. The van der Waals surface area contributed by atoms with Crippen LogP contribution < -0.4 is 5.32 Å². The number of nitrogens with zero attached hydrogens (tertiary/aromatic N) is 2. The van der Waals surface area contributed by atoms with Crippen LogP contribution in [-0.2, 0) is 17.8 Å². The van der Waals surface area contributed by atoms with Gasteiger partial charge in [-0.3, -0.25) is 4.79 Å². The number of fused-ring (bicyclic) bond motifs is 1. The Balaban J connectivity index is 2.04. The van der Waals surface area contributed by atoms with Gasteiger partial charge in [-0.2, -0.15) is 0 Å². The summed E-state index contributed by atoms with van der Waals surface area (Å²) >= 11 is 12.4. The van der Waals surface area contributed by atoms with Crippen molar-refractivity contribution in [3.8, 4) is 0 Å². The van der Waals surface area contributed by atoms with Crippen LogP contribution in [0.1, 0.15) is 37.7 Å². The first-order valence-corrected chi connectivity index (χ1v) is 9.59. The van der Waals surface area contributed by atoms with Crippen LogP contribution in [0.2, 0.25) is 10.0 Å². The minimum atomic E-state index is -0.300. The number of amides is 1. The molecule has 0 aliphatic carbocycles. The summed E-state index contributed by atoms with van der Waals surface area (Å²) in [5.41, 5.74) is 3.56. The normalized spacial score (nSPS) is 11.8. The zero-order chi connectivity index (χ0) is 19.8. The first kappa shape index (κ1) is 19.7. The van der Waals surface area contributed by atoms with Crippen LogP contribution >= 0.6 is 23.2 Å². The van der Waals surface area contributed by atoms with E-state index in [1.165, 1.54) is 5.56 Å². The topological polar surface area (TPSA) is 46.9 Å². The first-order chi connectivity index (χ1) is 12.6. The molecule has 0 spiro atoms. The highest BCUT2D eigenvalue weighted by atomic mass is 35.5. The van der Waals surface area contributed by atoms with E-state index in [0.717, 1.165) is 22.4 Å². The molecule has 0 aliphatic heterocycles. The molecule has 0 radical (unpaired) electrons. The molecule has 1 aromatic heterocycles. The average molecular weight is 404 g/mol. The Bertz CT molecular complexity index is 1000. The SMILES string of the molecule is Cc1cccc(Cc2nc3cc(Cl)c(Cl)cc3n2CC(=O)NC(C)(C)C)c1. The van der Waals surface area contributed by atoms with Gasteiger partial charge in [0.2, 0.25) is 5.91 Å². The average Bonchev–Trinajstić information content (AvgIpc) is 2.83. The summed E-state index contributed by atoms with van der Waals surface area (Å²) in [6.07, 6.45) is 0.619. The fraction of sp³-hybridized carbons (Fsp3) is 0.333. The molecule has 0 aliphatic rings. The fourth-order valence-electron chi connectivity index (χ4n) is 3.09. The largest absolute Gasteiger partial charge is 0.350 e. The Morgan fingerprint density at radius 1 is 1.15 bits per heavy atom. The van der Waals surface area contributed by atoms with E-state index in [1.54, 1.807) is 12.1 Å². The molecule has 142 valence electrons. The minimum Gasteiger partial charge on any atom is -0.350 e. The van der Waals surface area contributed by atoms with Gasteiger partial charge >= 0.3 is 0 Å². The van der Waals surface area contributed by atoms with E-state index in [2.05, 4.69) is 30.4 Å². The second-order valence-corrected chi connectivity index (χ2v) is 8.65. The van der Waals surface area contributed by atoms with Crippen molar-refractivity contribution in [1.29, 1.82) is 0 Å². The number of carbonyl (C=O) groups is 1. The first-order valence-electron chi connectivity index (χ1n) is 8.83. The van der Waals surface area contributed by atoms with Crippen molar-refractivity contribution in [3.05, 3.63) is 63.4 Å². The molecular formula is C21H23Cl2N3O. The van der Waals surface area contributed by atoms with Gasteiger partial charge in [0.05, 0.1) is 21.1 Å². The summed E-state index contributed by atoms with van der Waals surface area (Å²) < 4.78 is 1.92. The third kappa shape index (κ3) is 4.82. The molecule has 1 N–H and O–H groups in total. The molecule has 2 aromatic carbocycles. The van der Waals surface area contributed by atoms with Crippen molar-refractivity contribution < 1.29 is 4.79 Å². The van der Waals surface area contributed by atoms with E-state index in [4.69, 9.17) is 28.2 Å². The zero-order valence-corrected chi connectivity index (χ0v) is 17.4. The van der Waals surface area contributed by atoms with Gasteiger partial charge in [-0.25, -0.2) is 4.98 Å². The predicted octanol–water partition coefficient (Wildman–Crippen LogP) is 5.16. The van der Waals surface area contributed by atoms with Crippen LogP contribution in [0.15, 0.2) is 36.4 Å². The summed E-state index contributed by atoms with van der Waals surface area (Å²) in [6, 6.07) is 11.8. The molecule has 0 saturated carbocycles. The van der Waals surface area contributed by atoms with E-state index in [9.17, 15) is 4.79 Å². The van der Waals surface area contributed by atoms with Crippen molar-refractivity contribution in [3.63, 3.8) is 0 Å². The Labute approximate surface area is 169 Å². The van der Waals surface area contributed by atoms with Gasteiger partial charge < -0.3 is 9.88 Å². The van der Waals surface area contributed by atoms with Gasteiger partial charge in [-0.1, -0.05) is 53.0 Å². The number of rotatable bonds is 4. The van der Waals surface area contributed by atoms with Crippen LogP contribution in [-0.4, -0.2) is 21.0 Å². The van der Waals surface area contributed by atoms with Crippen LogP contribution in [0.5, 0.6) is 0 Å². The Hall–Kier alpha value is -2.04. The van der Waals surface area contributed by atoms with Crippen molar-refractivity contribution in [2.24, 2.45) is 0 Å². The Morgan fingerprint density at radius 2 is 1.85 bits per heavy atom. The fourth-order valence-corrected chi connectivity index (χ4v) is 3.40. The standard InChI is InChI=1S/C21H23Cl2N3O/c1-13-6-5-7-14(8-13)9-19-24-17-10-15(22)16(23)11-18(17)26(19)12-20(27)25-21(2,3)4/h5-8,10-11H,9,12H2,1-4H3,(H,25,27). The van der Waals surface area contributed by atoms with E-state index in [1.807, 2.05) is 31.4 Å². The highest BCUT2D eigenvalue weighted by Gasteiger charge is 2.19. The van der Waals surface area contributed by atoms with Gasteiger partial charge in [0.1, 0.15) is 12.4 Å². The van der Waals surface area contributed by atoms with E-state index in [0.29, 0.717) is 16.5 Å². The molecule has 0 bridgehead atoms. The van der Waals surface area contributed by atoms with E-state index in [-0.39, 0.29) is 18.0 Å². The second-order valence-electron chi connectivity index (χ2n) is 7.83. The van der Waals surface area contributed by atoms with Crippen LogP contribution in [0, 0.1) is 6.92 Å². The van der Waals surface area contributed by atoms with Crippen molar-refractivity contribution in [1.82, 2.24) is 14.9 Å².